The van der Waals surface area contributed by atoms with Crippen molar-refractivity contribution in [2.75, 3.05) is 25.9 Å². The average Bonchev–Trinajstić information content (AvgIpc) is 2.80. The van der Waals surface area contributed by atoms with Crippen LogP contribution in [0.4, 0.5) is 5.82 Å². The summed E-state index contributed by atoms with van der Waals surface area (Å²) in [6.07, 6.45) is 8.80. The van der Waals surface area contributed by atoms with Crippen LogP contribution in [0.5, 0.6) is 0 Å². The molecule has 0 bridgehead atoms. The number of rotatable bonds is 11. The van der Waals surface area contributed by atoms with E-state index >= 15 is 0 Å². The van der Waals surface area contributed by atoms with Gasteiger partial charge in [-0.05, 0) is 25.0 Å². The van der Waals surface area contributed by atoms with Gasteiger partial charge >= 0.3 is 11.7 Å². The summed E-state index contributed by atoms with van der Waals surface area (Å²) < 4.78 is 12.3. The van der Waals surface area contributed by atoms with Crippen LogP contribution in [0.25, 0.3) is 0 Å². The van der Waals surface area contributed by atoms with Gasteiger partial charge in [-0.25, -0.2) is 9.59 Å². The van der Waals surface area contributed by atoms with Crippen LogP contribution in [-0.4, -0.2) is 70.7 Å². The Morgan fingerprint density at radius 3 is 2.86 bits per heavy atom. The Kier molecular flexibility index (Phi) is 10.2. The average molecular weight is 489 g/mol. The number of nitrogens with two attached hydrogens (primary N) is 3. The van der Waals surface area contributed by atoms with E-state index in [9.17, 15) is 14.4 Å². The molecule has 0 aliphatic carbocycles. The zero-order valence-electron chi connectivity index (χ0n) is 19.6. The Bertz CT molecular complexity index is 1030. The maximum Gasteiger partial charge on any atom is 0.351 e. The monoisotopic (exact) mass is 488 g/mol. The van der Waals surface area contributed by atoms with Gasteiger partial charge in [0.2, 0.25) is 5.91 Å². The lowest BCUT2D eigenvalue weighted by Crippen LogP contribution is -2.51. The molecular weight excluding hydrogens is 456 g/mol. The van der Waals surface area contributed by atoms with Crippen molar-refractivity contribution >= 4 is 23.7 Å². The van der Waals surface area contributed by atoms with Crippen LogP contribution in [0.1, 0.15) is 31.9 Å². The van der Waals surface area contributed by atoms with E-state index < -0.39 is 42.0 Å². The largest absolute Gasteiger partial charge is 0.464 e. The first kappa shape index (κ1) is 27.4. The summed E-state index contributed by atoms with van der Waals surface area (Å²) in [6.45, 7) is 0.491. The fourth-order valence-electron chi connectivity index (χ4n) is 3.19. The normalized spacial score (nSPS) is 19.9. The van der Waals surface area contributed by atoms with E-state index in [-0.39, 0.29) is 24.8 Å². The molecular formula is C22H32N8O5. The minimum Gasteiger partial charge on any atom is -0.464 e. The van der Waals surface area contributed by atoms with Gasteiger partial charge in [0.1, 0.15) is 5.82 Å². The molecule has 13 nitrogen and oxygen atoms in total. The van der Waals surface area contributed by atoms with Crippen molar-refractivity contribution in [3.05, 3.63) is 34.9 Å². The Morgan fingerprint density at radius 1 is 1.46 bits per heavy atom. The number of nitrogen functional groups attached to an aromatic ring is 1. The molecule has 0 unspecified atom stereocenters. The number of guanidine groups is 1. The highest BCUT2D eigenvalue weighted by atomic mass is 16.6. The van der Waals surface area contributed by atoms with Gasteiger partial charge < -0.3 is 36.9 Å². The number of aromatic nitrogens is 2. The lowest BCUT2D eigenvalue weighted by atomic mass is 10.1. The summed E-state index contributed by atoms with van der Waals surface area (Å²) in [5.74, 6) is 1.28. The first-order chi connectivity index (χ1) is 16.6. The van der Waals surface area contributed by atoms with Gasteiger partial charge in [0, 0.05) is 38.7 Å². The third kappa shape index (κ3) is 8.43. The van der Waals surface area contributed by atoms with E-state index in [0.717, 1.165) is 4.57 Å². The molecule has 0 saturated carbocycles. The van der Waals surface area contributed by atoms with E-state index in [2.05, 4.69) is 16.2 Å². The number of ether oxygens (including phenoxy) is 2. The molecule has 1 aromatic heterocycles. The second-order valence-electron chi connectivity index (χ2n) is 8.00. The number of amides is 1. The van der Waals surface area contributed by atoms with Crippen molar-refractivity contribution in [3.8, 4) is 12.3 Å². The van der Waals surface area contributed by atoms with Gasteiger partial charge in [-0.3, -0.25) is 14.8 Å². The van der Waals surface area contributed by atoms with E-state index in [1.165, 1.54) is 23.2 Å². The number of anilines is 1. The third-order valence-electron chi connectivity index (χ3n) is 5.18. The fraction of sp³-hybridized carbons (Fsp3) is 0.500. The molecule has 2 rings (SSSR count). The third-order valence-corrected chi connectivity index (χ3v) is 5.18. The van der Waals surface area contributed by atoms with Crippen LogP contribution in [0.15, 0.2) is 29.2 Å². The second kappa shape index (κ2) is 13.1. The second-order valence-corrected chi connectivity index (χ2v) is 8.00. The standard InChI is InChI=1S/C22H32N8O5/c1-3-4-5-12-34-20(32)19-15(27-17(31)13-14(23)8-10-29(2)21(25)26)6-7-18(35-19)30-11-9-16(24)28-22(30)33/h1,6-7,9,11,14-15,18-19H,4-5,8,10,12-13,23H2,2H3,(H3,25,26)(H,27,31)(H2,24,28,33)/t14-,15-,18+,19-/m0/s1. The van der Waals surface area contributed by atoms with Crippen molar-refractivity contribution in [1.29, 1.82) is 5.41 Å². The molecule has 0 fully saturated rings. The van der Waals surface area contributed by atoms with Gasteiger partial charge in [-0.1, -0.05) is 6.08 Å². The molecule has 0 radical (unpaired) electrons. The highest BCUT2D eigenvalue weighted by Crippen LogP contribution is 2.22. The maximum atomic E-state index is 12.8. The molecule has 2 heterocycles. The minimum absolute atomic E-state index is 0.0230. The van der Waals surface area contributed by atoms with Gasteiger partial charge in [0.25, 0.3) is 0 Å². The molecule has 13 heteroatoms. The molecule has 0 aromatic carbocycles. The van der Waals surface area contributed by atoms with Crippen molar-refractivity contribution in [3.63, 3.8) is 0 Å². The molecule has 1 aliphatic rings. The van der Waals surface area contributed by atoms with Gasteiger partial charge in [0.05, 0.1) is 12.6 Å². The lowest BCUT2D eigenvalue weighted by Gasteiger charge is -2.32. The van der Waals surface area contributed by atoms with Crippen LogP contribution >= 0.6 is 0 Å². The smallest absolute Gasteiger partial charge is 0.351 e. The summed E-state index contributed by atoms with van der Waals surface area (Å²) in [4.78, 5) is 42.7. The molecule has 0 spiro atoms. The van der Waals surface area contributed by atoms with Crippen molar-refractivity contribution < 1.29 is 19.1 Å². The highest BCUT2D eigenvalue weighted by molar-refractivity contribution is 5.81. The number of carbonyl (C=O) groups excluding carboxylic acids is 2. The predicted molar refractivity (Wildman–Crippen MR) is 129 cm³/mol. The first-order valence-corrected chi connectivity index (χ1v) is 11.0. The van der Waals surface area contributed by atoms with E-state index in [1.54, 1.807) is 13.1 Å². The summed E-state index contributed by atoms with van der Waals surface area (Å²) in [6, 6.07) is 0.0694. The van der Waals surface area contributed by atoms with Crippen LogP contribution in [0.3, 0.4) is 0 Å². The Labute approximate surface area is 203 Å². The Balaban J connectivity index is 2.09. The van der Waals surface area contributed by atoms with E-state index in [4.69, 9.17) is 38.5 Å². The Hall–Kier alpha value is -3.89. The number of terminal acetylenes is 1. The van der Waals surface area contributed by atoms with Gasteiger partial charge in [0.15, 0.2) is 18.3 Å². The summed E-state index contributed by atoms with van der Waals surface area (Å²) >= 11 is 0. The molecule has 4 atom stereocenters. The molecule has 190 valence electrons. The number of unbranched alkanes of at least 4 members (excludes halogenated alkanes) is 1. The highest BCUT2D eigenvalue weighted by Gasteiger charge is 2.36. The minimum atomic E-state index is -1.23. The lowest BCUT2D eigenvalue weighted by molar-refractivity contribution is -0.166. The number of hydrogen-bond acceptors (Lipinski definition) is 9. The summed E-state index contributed by atoms with van der Waals surface area (Å²) in [5, 5.41) is 10.1. The first-order valence-electron chi connectivity index (χ1n) is 11.0. The zero-order valence-corrected chi connectivity index (χ0v) is 19.6. The zero-order chi connectivity index (χ0) is 26.0. The van der Waals surface area contributed by atoms with Crippen LogP contribution in [-0.2, 0) is 19.1 Å². The molecule has 1 aromatic rings. The van der Waals surface area contributed by atoms with Crippen LogP contribution in [0, 0.1) is 17.8 Å². The maximum absolute atomic E-state index is 12.8. The van der Waals surface area contributed by atoms with Crippen LogP contribution in [0.2, 0.25) is 0 Å². The fourth-order valence-corrected chi connectivity index (χ4v) is 3.19. The number of esters is 1. The molecule has 1 aliphatic heterocycles. The molecule has 0 saturated heterocycles. The van der Waals surface area contributed by atoms with E-state index in [0.29, 0.717) is 25.8 Å². The Morgan fingerprint density at radius 2 is 2.20 bits per heavy atom. The van der Waals surface area contributed by atoms with Crippen molar-refractivity contribution in [2.45, 2.75) is 50.1 Å². The number of carbonyl (C=O) groups is 2. The van der Waals surface area contributed by atoms with Crippen LogP contribution < -0.4 is 28.2 Å². The predicted octanol–water partition coefficient (Wildman–Crippen LogP) is -1.35. The van der Waals surface area contributed by atoms with Crippen molar-refractivity contribution in [2.24, 2.45) is 11.5 Å². The molecule has 35 heavy (non-hydrogen) atoms. The molecule has 8 N–H and O–H groups in total. The van der Waals surface area contributed by atoms with Crippen molar-refractivity contribution in [1.82, 2.24) is 19.8 Å². The van der Waals surface area contributed by atoms with Gasteiger partial charge in [-0.15, -0.1) is 12.3 Å². The summed E-state index contributed by atoms with van der Waals surface area (Å²) in [5.41, 5.74) is 16.3. The van der Waals surface area contributed by atoms with E-state index in [1.807, 2.05) is 0 Å². The summed E-state index contributed by atoms with van der Waals surface area (Å²) in [7, 11) is 1.65. The topological polar surface area (TPSA) is 205 Å². The number of nitrogens with one attached hydrogen (secondary N) is 2. The number of nitrogens with zero attached hydrogens (tertiary/aromatic N) is 3. The quantitative estimate of drug-likeness (QED) is 0.0618. The number of hydrogen-bond donors (Lipinski definition) is 5. The molecule has 1 amide bonds. The SMILES string of the molecule is C#CCCCOC(=O)[C@H]1O[C@@H](n2ccc(N)nc2=O)C=C[C@@H]1NC(=O)C[C@@H](N)CCN(C)C(=N)N. The van der Waals surface area contributed by atoms with Gasteiger partial charge in [-0.2, -0.15) is 4.98 Å².